The number of hydrogen-bond donors (Lipinski definition) is 2. The summed E-state index contributed by atoms with van der Waals surface area (Å²) < 4.78 is 0. The lowest BCUT2D eigenvalue weighted by Gasteiger charge is -2.19. The first-order chi connectivity index (χ1) is 4.70. The third kappa shape index (κ3) is 1.51. The van der Waals surface area contributed by atoms with E-state index in [1.165, 1.54) is 0 Å². The third-order valence-corrected chi connectivity index (χ3v) is 1.41. The fourth-order valence-electron chi connectivity index (χ4n) is 0.766. The molecule has 0 radical (unpaired) electrons. The van der Waals surface area contributed by atoms with E-state index in [1.807, 2.05) is 37.3 Å². The van der Waals surface area contributed by atoms with E-state index in [9.17, 15) is 0 Å². The lowest BCUT2D eigenvalue weighted by molar-refractivity contribution is 0.514. The van der Waals surface area contributed by atoms with Gasteiger partial charge in [0.25, 0.3) is 0 Å². The van der Waals surface area contributed by atoms with Gasteiger partial charge in [0, 0.05) is 20.3 Å². The van der Waals surface area contributed by atoms with E-state index < -0.39 is 0 Å². The van der Waals surface area contributed by atoms with Crippen LogP contribution >= 0.6 is 0 Å². The van der Waals surface area contributed by atoms with Gasteiger partial charge in [-0.3, -0.25) is 0 Å². The molecule has 0 aromatic carbocycles. The van der Waals surface area contributed by atoms with Crippen molar-refractivity contribution in [2.45, 2.75) is 6.17 Å². The van der Waals surface area contributed by atoms with Gasteiger partial charge in [0.2, 0.25) is 0 Å². The Hall–Kier alpha value is -0.960. The van der Waals surface area contributed by atoms with Crippen molar-refractivity contribution in [1.82, 2.24) is 10.2 Å². The zero-order chi connectivity index (χ0) is 7.56. The van der Waals surface area contributed by atoms with E-state index in [-0.39, 0.29) is 6.17 Å². The fraction of sp³-hybridized carbons (Fsp3) is 0.429. The Morgan fingerprint density at radius 1 is 1.60 bits per heavy atom. The van der Waals surface area contributed by atoms with Crippen molar-refractivity contribution in [2.24, 2.45) is 5.73 Å². The lowest BCUT2D eigenvalue weighted by atomic mass is 10.3. The lowest BCUT2D eigenvalue weighted by Crippen LogP contribution is -2.34. The largest absolute Gasteiger partial charge is 0.377 e. The van der Waals surface area contributed by atoms with Crippen LogP contribution in [0.3, 0.4) is 0 Å². The number of nitrogens with two attached hydrogens (primary N) is 1. The van der Waals surface area contributed by atoms with E-state index in [1.54, 1.807) is 0 Å². The molecule has 1 aliphatic rings. The normalized spacial score (nSPS) is 23.5. The van der Waals surface area contributed by atoms with Crippen molar-refractivity contribution >= 4 is 0 Å². The number of hydrogen-bond acceptors (Lipinski definition) is 3. The first-order valence-corrected chi connectivity index (χ1v) is 3.27. The monoisotopic (exact) mass is 139 g/mol. The van der Waals surface area contributed by atoms with Crippen molar-refractivity contribution < 1.29 is 0 Å². The maximum Gasteiger partial charge on any atom is 0.0935 e. The molecule has 0 aromatic heterocycles. The summed E-state index contributed by atoms with van der Waals surface area (Å²) in [7, 11) is 3.99. The van der Waals surface area contributed by atoms with Crippen molar-refractivity contribution in [2.75, 3.05) is 14.1 Å². The van der Waals surface area contributed by atoms with Gasteiger partial charge in [-0.25, -0.2) is 0 Å². The average molecular weight is 139 g/mol. The molecule has 1 atom stereocenters. The maximum absolute atomic E-state index is 5.54. The standard InChI is InChI=1S/C7H13N3/c1-10(2)6-3-4-7(8)9-5-6/h3-5,7,9H,8H2,1-2H3. The van der Waals surface area contributed by atoms with Gasteiger partial charge in [-0.1, -0.05) is 0 Å². The SMILES string of the molecule is CN(C)C1=CNC(N)C=C1. The van der Waals surface area contributed by atoms with Crippen LogP contribution in [-0.4, -0.2) is 25.2 Å². The first-order valence-electron chi connectivity index (χ1n) is 3.27. The molecule has 0 aliphatic carbocycles. The Morgan fingerprint density at radius 2 is 2.30 bits per heavy atom. The third-order valence-electron chi connectivity index (χ3n) is 1.41. The molecule has 0 spiro atoms. The molecule has 0 saturated heterocycles. The van der Waals surface area contributed by atoms with Crippen LogP contribution in [0.15, 0.2) is 24.0 Å². The first kappa shape index (κ1) is 7.15. The Labute approximate surface area is 61.2 Å². The molecular weight excluding hydrogens is 126 g/mol. The number of likely N-dealkylation sites (N-methyl/N-ethyl adjacent to an activating group) is 1. The Balaban J connectivity index is 2.59. The summed E-state index contributed by atoms with van der Waals surface area (Å²) in [6.07, 6.45) is 5.81. The Kier molecular flexibility index (Phi) is 1.97. The summed E-state index contributed by atoms with van der Waals surface area (Å²) in [5.41, 5.74) is 6.68. The Bertz CT molecular complexity index is 170. The van der Waals surface area contributed by atoms with Gasteiger partial charge in [0.15, 0.2) is 0 Å². The summed E-state index contributed by atoms with van der Waals surface area (Å²) in [4.78, 5) is 2.02. The number of nitrogens with one attached hydrogen (secondary N) is 1. The minimum Gasteiger partial charge on any atom is -0.377 e. The van der Waals surface area contributed by atoms with E-state index in [4.69, 9.17) is 5.73 Å². The number of nitrogens with zero attached hydrogens (tertiary/aromatic N) is 1. The number of allylic oxidation sites excluding steroid dienone is 1. The predicted octanol–water partition coefficient (Wildman–Crippen LogP) is -0.166. The van der Waals surface area contributed by atoms with Crippen LogP contribution in [0.2, 0.25) is 0 Å². The second-order valence-corrected chi connectivity index (χ2v) is 2.52. The van der Waals surface area contributed by atoms with Crippen LogP contribution in [0.4, 0.5) is 0 Å². The molecule has 0 amide bonds. The van der Waals surface area contributed by atoms with E-state index in [0.29, 0.717) is 0 Å². The van der Waals surface area contributed by atoms with E-state index in [0.717, 1.165) is 5.70 Å². The molecule has 0 fully saturated rings. The highest BCUT2D eigenvalue weighted by Gasteiger charge is 2.01. The molecule has 1 rings (SSSR count). The molecule has 1 aliphatic heterocycles. The highest BCUT2D eigenvalue weighted by atomic mass is 15.1. The number of rotatable bonds is 1. The molecule has 1 heterocycles. The fourth-order valence-corrected chi connectivity index (χ4v) is 0.766. The average Bonchev–Trinajstić information content (AvgIpc) is 1.88. The van der Waals surface area contributed by atoms with Gasteiger partial charge in [-0.2, -0.15) is 0 Å². The molecule has 0 bridgehead atoms. The topological polar surface area (TPSA) is 41.3 Å². The summed E-state index contributed by atoms with van der Waals surface area (Å²) in [5, 5.41) is 3.00. The zero-order valence-electron chi connectivity index (χ0n) is 6.33. The van der Waals surface area contributed by atoms with Crippen LogP contribution in [0.1, 0.15) is 0 Å². The summed E-state index contributed by atoms with van der Waals surface area (Å²) in [6, 6.07) is 0. The molecular formula is C7H13N3. The second-order valence-electron chi connectivity index (χ2n) is 2.52. The van der Waals surface area contributed by atoms with Gasteiger partial charge in [0.1, 0.15) is 0 Å². The maximum atomic E-state index is 5.54. The molecule has 0 aromatic rings. The van der Waals surface area contributed by atoms with Crippen LogP contribution in [0, 0.1) is 0 Å². The smallest absolute Gasteiger partial charge is 0.0935 e. The molecule has 3 heteroatoms. The molecule has 3 N–H and O–H groups in total. The van der Waals surface area contributed by atoms with E-state index in [2.05, 4.69) is 5.32 Å². The molecule has 0 saturated carbocycles. The van der Waals surface area contributed by atoms with E-state index >= 15 is 0 Å². The predicted molar refractivity (Wildman–Crippen MR) is 42.0 cm³/mol. The van der Waals surface area contributed by atoms with Crippen molar-refractivity contribution in [3.05, 3.63) is 24.0 Å². The minimum absolute atomic E-state index is 0.0244. The van der Waals surface area contributed by atoms with Crippen molar-refractivity contribution in [1.29, 1.82) is 0 Å². The Morgan fingerprint density at radius 3 is 2.70 bits per heavy atom. The second kappa shape index (κ2) is 2.75. The molecule has 3 nitrogen and oxygen atoms in total. The van der Waals surface area contributed by atoms with Crippen LogP contribution in [0.25, 0.3) is 0 Å². The van der Waals surface area contributed by atoms with Gasteiger partial charge >= 0.3 is 0 Å². The van der Waals surface area contributed by atoms with Crippen LogP contribution in [0.5, 0.6) is 0 Å². The number of dihydropyridines is 1. The quantitative estimate of drug-likeness (QED) is 0.530. The zero-order valence-corrected chi connectivity index (χ0v) is 6.33. The van der Waals surface area contributed by atoms with Crippen molar-refractivity contribution in [3.8, 4) is 0 Å². The molecule has 56 valence electrons. The van der Waals surface area contributed by atoms with Gasteiger partial charge in [-0.05, 0) is 12.2 Å². The van der Waals surface area contributed by atoms with Gasteiger partial charge in [-0.15, -0.1) is 0 Å². The van der Waals surface area contributed by atoms with Crippen molar-refractivity contribution in [3.63, 3.8) is 0 Å². The highest BCUT2D eigenvalue weighted by molar-refractivity contribution is 5.21. The van der Waals surface area contributed by atoms with Gasteiger partial charge in [0.05, 0.1) is 11.9 Å². The molecule has 10 heavy (non-hydrogen) atoms. The minimum atomic E-state index is -0.0244. The van der Waals surface area contributed by atoms with Crippen LogP contribution < -0.4 is 11.1 Å². The summed E-state index contributed by atoms with van der Waals surface area (Å²) in [5.74, 6) is 0. The molecule has 1 unspecified atom stereocenters. The van der Waals surface area contributed by atoms with Crippen LogP contribution in [-0.2, 0) is 0 Å². The highest BCUT2D eigenvalue weighted by Crippen LogP contribution is 2.02. The summed E-state index contributed by atoms with van der Waals surface area (Å²) >= 11 is 0. The summed E-state index contributed by atoms with van der Waals surface area (Å²) in [6.45, 7) is 0. The van der Waals surface area contributed by atoms with Gasteiger partial charge < -0.3 is 16.0 Å².